The number of nitrogens with one attached hydrogen (secondary N) is 2. The van der Waals surface area contributed by atoms with Crippen molar-refractivity contribution in [3.63, 3.8) is 0 Å². The molecule has 0 spiro atoms. The van der Waals surface area contributed by atoms with Crippen molar-refractivity contribution in [2.45, 2.75) is 75.9 Å². The van der Waals surface area contributed by atoms with Crippen molar-refractivity contribution in [1.82, 2.24) is 14.9 Å². The van der Waals surface area contributed by atoms with E-state index in [9.17, 15) is 24.0 Å². The molecule has 1 amide bonds. The molecule has 0 aromatic carbocycles. The summed E-state index contributed by atoms with van der Waals surface area (Å²) in [7, 11) is 1.13. The van der Waals surface area contributed by atoms with Crippen LogP contribution in [-0.4, -0.2) is 81.4 Å². The summed E-state index contributed by atoms with van der Waals surface area (Å²) in [6.07, 6.45) is -3.63. The number of aromatic amines is 1. The van der Waals surface area contributed by atoms with Crippen LogP contribution in [-0.2, 0) is 37.8 Å². The lowest BCUT2D eigenvalue weighted by Crippen LogP contribution is -2.54. The number of amides is 1. The third kappa shape index (κ3) is 6.49. The van der Waals surface area contributed by atoms with Crippen LogP contribution in [0.4, 0.5) is 0 Å². The molecule has 202 valence electrons. The fraction of sp³-hybridized carbons (Fsp3) is 0.682. The van der Waals surface area contributed by atoms with Crippen molar-refractivity contribution >= 4 is 26.2 Å². The first kappa shape index (κ1) is 29.4. The minimum Gasteiger partial charge on any atom is -0.469 e. The van der Waals surface area contributed by atoms with E-state index in [1.807, 2.05) is 33.9 Å². The highest BCUT2D eigenvalue weighted by Crippen LogP contribution is 2.41. The lowest BCUT2D eigenvalue weighted by atomic mass is 10.1. The van der Waals surface area contributed by atoms with Crippen LogP contribution in [0.3, 0.4) is 0 Å². The van der Waals surface area contributed by atoms with Crippen LogP contribution < -0.4 is 16.6 Å². The van der Waals surface area contributed by atoms with Gasteiger partial charge in [0.25, 0.3) is 11.5 Å². The lowest BCUT2D eigenvalue weighted by Gasteiger charge is -2.40. The fourth-order valence-corrected chi connectivity index (χ4v) is 4.73. The summed E-state index contributed by atoms with van der Waals surface area (Å²) >= 11 is 0. The Labute approximate surface area is 209 Å². The minimum absolute atomic E-state index is 0.251. The first-order valence-electron chi connectivity index (χ1n) is 11.3. The average Bonchev–Trinajstić information content (AvgIpc) is 3.14. The van der Waals surface area contributed by atoms with Gasteiger partial charge in [-0.05, 0) is 18.1 Å². The van der Waals surface area contributed by atoms with E-state index in [4.69, 9.17) is 18.6 Å². The average molecular weight is 530 g/mol. The number of carbonyl (C=O) groups is 3. The van der Waals surface area contributed by atoms with Gasteiger partial charge in [-0.3, -0.25) is 23.9 Å². The maximum Gasteiger partial charge on any atom is 0.330 e. The molecule has 2 heterocycles. The van der Waals surface area contributed by atoms with Gasteiger partial charge in [-0.25, -0.2) is 9.59 Å². The second-order valence-electron chi connectivity index (χ2n) is 9.87. The molecular formula is C22H35N3O10Si. The smallest absolute Gasteiger partial charge is 0.330 e. The Bertz CT molecular complexity index is 1080. The van der Waals surface area contributed by atoms with Crippen LogP contribution in [0.25, 0.3) is 0 Å². The van der Waals surface area contributed by atoms with Gasteiger partial charge in [0.05, 0.1) is 20.6 Å². The molecule has 0 aliphatic carbocycles. The molecular weight excluding hydrogens is 494 g/mol. The monoisotopic (exact) mass is 529 g/mol. The quantitative estimate of drug-likeness (QED) is 0.330. The number of hydrogen-bond acceptors (Lipinski definition) is 10. The Hall–Kier alpha value is -2.81. The fourth-order valence-electron chi connectivity index (χ4n) is 3.44. The third-order valence-electron chi connectivity index (χ3n) is 6.48. The molecule has 36 heavy (non-hydrogen) atoms. The van der Waals surface area contributed by atoms with Gasteiger partial charge in [-0.15, -0.1) is 0 Å². The Kier molecular flexibility index (Phi) is 9.39. The molecule has 1 fully saturated rings. The molecule has 14 heteroatoms. The molecule has 1 saturated heterocycles. The van der Waals surface area contributed by atoms with Gasteiger partial charge in [0.15, 0.2) is 20.6 Å². The van der Waals surface area contributed by atoms with E-state index in [0.717, 1.165) is 24.9 Å². The molecule has 13 nitrogen and oxygen atoms in total. The lowest BCUT2D eigenvalue weighted by molar-refractivity contribution is -0.152. The minimum atomic E-state index is -2.52. The van der Waals surface area contributed by atoms with Crippen LogP contribution in [0.15, 0.2) is 21.9 Å². The van der Waals surface area contributed by atoms with Gasteiger partial charge in [0.1, 0.15) is 18.2 Å². The summed E-state index contributed by atoms with van der Waals surface area (Å²) in [4.78, 5) is 63.6. The summed E-state index contributed by atoms with van der Waals surface area (Å²) < 4.78 is 28.5. The Morgan fingerprint density at radius 2 is 1.78 bits per heavy atom. The number of ether oxygens (including phenoxy) is 4. The first-order valence-corrected chi connectivity index (χ1v) is 14.2. The maximum atomic E-state index is 13.4. The predicted octanol–water partition coefficient (Wildman–Crippen LogP) is 0.0603. The molecule has 2 N–H and O–H groups in total. The number of hydrogen-bond donors (Lipinski definition) is 2. The van der Waals surface area contributed by atoms with E-state index < -0.39 is 74.4 Å². The summed E-state index contributed by atoms with van der Waals surface area (Å²) in [5.41, 5.74) is -1.37. The van der Waals surface area contributed by atoms with E-state index in [2.05, 4.69) is 15.0 Å². The van der Waals surface area contributed by atoms with E-state index >= 15 is 0 Å². The highest BCUT2D eigenvalue weighted by atomic mass is 28.4. The number of methoxy groups -OCH3 is 3. The summed E-state index contributed by atoms with van der Waals surface area (Å²) in [5.74, 6) is -2.37. The molecule has 0 bridgehead atoms. The number of aromatic nitrogens is 2. The van der Waals surface area contributed by atoms with Gasteiger partial charge in [0.2, 0.25) is 0 Å². The van der Waals surface area contributed by atoms with Gasteiger partial charge >= 0.3 is 17.6 Å². The molecule has 1 aromatic rings. The normalized spacial score (nSPS) is 23.1. The van der Waals surface area contributed by atoms with E-state index in [1.165, 1.54) is 13.3 Å². The van der Waals surface area contributed by atoms with Crippen molar-refractivity contribution in [3.8, 4) is 0 Å². The van der Waals surface area contributed by atoms with E-state index in [0.29, 0.717) is 0 Å². The predicted molar refractivity (Wildman–Crippen MR) is 129 cm³/mol. The number of rotatable bonds is 9. The van der Waals surface area contributed by atoms with Crippen molar-refractivity contribution in [2.24, 2.45) is 0 Å². The second kappa shape index (κ2) is 11.5. The molecule has 0 saturated carbocycles. The van der Waals surface area contributed by atoms with Gasteiger partial charge in [-0.2, -0.15) is 0 Å². The molecule has 5 atom stereocenters. The van der Waals surface area contributed by atoms with Crippen LogP contribution in [0.1, 0.15) is 33.4 Å². The van der Waals surface area contributed by atoms with Crippen LogP contribution >= 0.6 is 0 Å². The van der Waals surface area contributed by atoms with E-state index in [-0.39, 0.29) is 5.04 Å². The summed E-state index contributed by atoms with van der Waals surface area (Å²) in [6, 6.07) is -0.207. The van der Waals surface area contributed by atoms with E-state index in [1.54, 1.807) is 0 Å². The Morgan fingerprint density at radius 3 is 2.28 bits per heavy atom. The van der Waals surface area contributed by atoms with Gasteiger partial charge < -0.3 is 28.7 Å². The Morgan fingerprint density at radius 1 is 1.14 bits per heavy atom. The number of esters is 2. The van der Waals surface area contributed by atoms with Crippen LogP contribution in [0.2, 0.25) is 18.1 Å². The molecule has 0 radical (unpaired) electrons. The highest BCUT2D eigenvalue weighted by molar-refractivity contribution is 6.74. The molecule has 2 unspecified atom stereocenters. The molecule has 1 aliphatic heterocycles. The number of H-pyrrole nitrogens is 1. The number of nitrogens with zero attached hydrogens (tertiary/aromatic N) is 1. The first-order chi connectivity index (χ1) is 16.7. The van der Waals surface area contributed by atoms with Crippen molar-refractivity contribution < 1.29 is 37.8 Å². The van der Waals surface area contributed by atoms with Crippen molar-refractivity contribution in [3.05, 3.63) is 33.1 Å². The molecule has 2 rings (SSSR count). The summed E-state index contributed by atoms with van der Waals surface area (Å²) in [5, 5.41) is 2.21. The second-order valence-corrected chi connectivity index (χ2v) is 14.6. The third-order valence-corrected chi connectivity index (χ3v) is 11.0. The number of carbonyl (C=O) groups excluding carboxylic acids is 3. The highest BCUT2D eigenvalue weighted by Gasteiger charge is 2.54. The zero-order valence-electron chi connectivity index (χ0n) is 21.8. The van der Waals surface area contributed by atoms with Crippen LogP contribution in [0.5, 0.6) is 0 Å². The summed E-state index contributed by atoms with van der Waals surface area (Å²) in [6.45, 7) is 9.99. The Balaban J connectivity index is 2.49. The SMILES string of the molecule is COC(=O)C[C@@H](NC(=O)[C@H]1O[C@@H](n2ccc(=O)[nH]c2=O)C(OC)C1O[Si](C)(C)C(C)(C)C)C(=O)OC. The van der Waals surface area contributed by atoms with Crippen molar-refractivity contribution in [1.29, 1.82) is 0 Å². The van der Waals surface area contributed by atoms with Crippen molar-refractivity contribution in [2.75, 3.05) is 21.3 Å². The maximum absolute atomic E-state index is 13.4. The zero-order chi connectivity index (χ0) is 27.4. The standard InChI is InChI=1S/C22H35N3O10Si/c1-22(2,3)36(7,8)35-15-16(18(28)23-12(20(29)33-6)11-14(27)31-4)34-19(17(15)32-5)25-10-9-13(26)24-21(25)30/h9-10,12,15-17,19H,11H2,1-8H3,(H,23,28)(H,24,26,30)/t12-,15?,16+,17?,19-/m1/s1. The molecule has 1 aliphatic rings. The topological polar surface area (TPSA) is 164 Å². The zero-order valence-corrected chi connectivity index (χ0v) is 22.8. The van der Waals surface area contributed by atoms with Gasteiger partial charge in [-0.1, -0.05) is 20.8 Å². The van der Waals surface area contributed by atoms with Crippen LogP contribution in [0, 0.1) is 0 Å². The van der Waals surface area contributed by atoms with Gasteiger partial charge in [0, 0.05) is 19.4 Å². The molecule has 1 aromatic heterocycles. The largest absolute Gasteiger partial charge is 0.469 e.